The van der Waals surface area contributed by atoms with Gasteiger partial charge in [-0.2, -0.15) is 13.5 Å². The van der Waals surface area contributed by atoms with Crippen molar-refractivity contribution in [1.82, 2.24) is 0 Å². The second-order valence-electron chi connectivity index (χ2n) is 2.71. The molecule has 0 spiro atoms. The SMILES string of the molecule is CC(C)c1ccc(Cl)cc1.S. The molecule has 0 atom stereocenters. The summed E-state index contributed by atoms with van der Waals surface area (Å²) >= 11 is 5.72. The molecule has 0 nitrogen and oxygen atoms in total. The monoisotopic (exact) mass is 188 g/mol. The summed E-state index contributed by atoms with van der Waals surface area (Å²) in [6, 6.07) is 7.98. The van der Waals surface area contributed by atoms with E-state index in [0.29, 0.717) is 5.92 Å². The van der Waals surface area contributed by atoms with E-state index in [2.05, 4.69) is 26.0 Å². The van der Waals surface area contributed by atoms with Crippen LogP contribution in [0.25, 0.3) is 0 Å². The Hall–Kier alpha value is -0.140. The summed E-state index contributed by atoms with van der Waals surface area (Å²) < 4.78 is 0. The van der Waals surface area contributed by atoms with Crippen molar-refractivity contribution in [2.45, 2.75) is 19.8 Å². The molecule has 0 bridgehead atoms. The number of hydrogen-bond acceptors (Lipinski definition) is 0. The third kappa shape index (κ3) is 3.17. The molecule has 62 valence electrons. The fourth-order valence-electron chi connectivity index (χ4n) is 0.848. The van der Waals surface area contributed by atoms with Crippen LogP contribution in [0.3, 0.4) is 0 Å². The summed E-state index contributed by atoms with van der Waals surface area (Å²) in [7, 11) is 0. The summed E-state index contributed by atoms with van der Waals surface area (Å²) in [6.45, 7) is 4.34. The molecular formula is C9H13ClS. The van der Waals surface area contributed by atoms with Gasteiger partial charge in [0.25, 0.3) is 0 Å². The third-order valence-corrected chi connectivity index (χ3v) is 1.79. The Bertz CT molecular complexity index is 203. The van der Waals surface area contributed by atoms with Crippen molar-refractivity contribution in [3.05, 3.63) is 34.9 Å². The van der Waals surface area contributed by atoms with E-state index in [1.54, 1.807) is 0 Å². The highest BCUT2D eigenvalue weighted by Crippen LogP contribution is 2.16. The summed E-state index contributed by atoms with van der Waals surface area (Å²) in [5.74, 6) is 0.595. The van der Waals surface area contributed by atoms with Crippen LogP contribution in [-0.4, -0.2) is 0 Å². The number of halogens is 1. The number of benzene rings is 1. The maximum absolute atomic E-state index is 5.72. The molecule has 0 radical (unpaired) electrons. The third-order valence-electron chi connectivity index (χ3n) is 1.54. The first kappa shape index (κ1) is 10.9. The van der Waals surface area contributed by atoms with Crippen molar-refractivity contribution in [1.29, 1.82) is 0 Å². The molecule has 0 saturated heterocycles. The lowest BCUT2D eigenvalue weighted by molar-refractivity contribution is 0.867. The molecule has 0 N–H and O–H groups in total. The van der Waals surface area contributed by atoms with Gasteiger partial charge in [0.05, 0.1) is 0 Å². The Morgan fingerprint density at radius 2 is 1.55 bits per heavy atom. The van der Waals surface area contributed by atoms with Crippen molar-refractivity contribution in [3.8, 4) is 0 Å². The average molecular weight is 189 g/mol. The van der Waals surface area contributed by atoms with E-state index in [4.69, 9.17) is 11.6 Å². The van der Waals surface area contributed by atoms with Gasteiger partial charge in [-0.1, -0.05) is 37.6 Å². The number of rotatable bonds is 1. The maximum Gasteiger partial charge on any atom is 0.0406 e. The van der Waals surface area contributed by atoms with Crippen LogP contribution in [0.4, 0.5) is 0 Å². The lowest BCUT2D eigenvalue weighted by Crippen LogP contribution is -1.84. The van der Waals surface area contributed by atoms with E-state index >= 15 is 0 Å². The summed E-state index contributed by atoms with van der Waals surface area (Å²) in [5.41, 5.74) is 1.34. The molecule has 1 rings (SSSR count). The first-order chi connectivity index (χ1) is 4.70. The molecule has 1 aromatic rings. The van der Waals surface area contributed by atoms with Crippen LogP contribution < -0.4 is 0 Å². The lowest BCUT2D eigenvalue weighted by atomic mass is 10.0. The first-order valence-corrected chi connectivity index (χ1v) is 3.83. The molecule has 0 unspecified atom stereocenters. The van der Waals surface area contributed by atoms with E-state index in [1.807, 2.05) is 12.1 Å². The van der Waals surface area contributed by atoms with Gasteiger partial charge in [-0.25, -0.2) is 0 Å². The Labute approximate surface area is 80.0 Å². The fourth-order valence-corrected chi connectivity index (χ4v) is 0.974. The largest absolute Gasteiger partial charge is 0.197 e. The molecule has 0 aromatic heterocycles. The molecule has 2 heteroatoms. The Kier molecular flexibility index (Phi) is 4.62. The molecule has 0 aliphatic heterocycles. The van der Waals surface area contributed by atoms with E-state index in [0.717, 1.165) is 5.02 Å². The topological polar surface area (TPSA) is 0 Å². The molecular weight excluding hydrogens is 176 g/mol. The molecule has 0 saturated carbocycles. The van der Waals surface area contributed by atoms with Crippen LogP contribution in [0.5, 0.6) is 0 Å². The van der Waals surface area contributed by atoms with Crippen LogP contribution in [0.1, 0.15) is 25.3 Å². The molecule has 11 heavy (non-hydrogen) atoms. The van der Waals surface area contributed by atoms with Gasteiger partial charge in [0.1, 0.15) is 0 Å². The quantitative estimate of drug-likeness (QED) is 0.632. The highest BCUT2D eigenvalue weighted by Gasteiger charge is 1.96. The van der Waals surface area contributed by atoms with Gasteiger partial charge in [0.2, 0.25) is 0 Å². The predicted molar refractivity (Wildman–Crippen MR) is 55.9 cm³/mol. The summed E-state index contributed by atoms with van der Waals surface area (Å²) in [6.07, 6.45) is 0. The fraction of sp³-hybridized carbons (Fsp3) is 0.333. The maximum atomic E-state index is 5.72. The highest BCUT2D eigenvalue weighted by atomic mass is 35.5. The van der Waals surface area contributed by atoms with Gasteiger partial charge in [-0.15, -0.1) is 0 Å². The zero-order valence-corrected chi connectivity index (χ0v) is 8.52. The zero-order chi connectivity index (χ0) is 7.56. The molecule has 0 aliphatic rings. The van der Waals surface area contributed by atoms with E-state index in [1.165, 1.54) is 5.56 Å². The van der Waals surface area contributed by atoms with Crippen LogP contribution >= 0.6 is 25.1 Å². The van der Waals surface area contributed by atoms with E-state index < -0.39 is 0 Å². The Balaban J connectivity index is 0.000001000. The zero-order valence-electron chi connectivity index (χ0n) is 6.76. The van der Waals surface area contributed by atoms with Crippen molar-refractivity contribution >= 4 is 25.1 Å². The smallest absolute Gasteiger partial charge is 0.0406 e. The van der Waals surface area contributed by atoms with Gasteiger partial charge in [-0.3, -0.25) is 0 Å². The van der Waals surface area contributed by atoms with Crippen molar-refractivity contribution in [3.63, 3.8) is 0 Å². The number of hydrogen-bond donors (Lipinski definition) is 0. The van der Waals surface area contributed by atoms with Gasteiger partial charge >= 0.3 is 0 Å². The van der Waals surface area contributed by atoms with Gasteiger partial charge < -0.3 is 0 Å². The van der Waals surface area contributed by atoms with E-state index in [9.17, 15) is 0 Å². The van der Waals surface area contributed by atoms with Gasteiger partial charge in [-0.05, 0) is 23.6 Å². The van der Waals surface area contributed by atoms with Crippen LogP contribution in [0.15, 0.2) is 24.3 Å². The van der Waals surface area contributed by atoms with Crippen LogP contribution in [0.2, 0.25) is 5.02 Å². The minimum absolute atomic E-state index is 0. The van der Waals surface area contributed by atoms with Gasteiger partial charge in [0.15, 0.2) is 0 Å². The van der Waals surface area contributed by atoms with Crippen molar-refractivity contribution in [2.75, 3.05) is 0 Å². The van der Waals surface area contributed by atoms with Crippen LogP contribution in [0, 0.1) is 0 Å². The van der Waals surface area contributed by atoms with Gasteiger partial charge in [0, 0.05) is 5.02 Å². The minimum atomic E-state index is 0. The van der Waals surface area contributed by atoms with Crippen LogP contribution in [-0.2, 0) is 0 Å². The normalized spacial score (nSPS) is 9.45. The molecule has 0 amide bonds. The summed E-state index contributed by atoms with van der Waals surface area (Å²) in [5, 5.41) is 0.810. The first-order valence-electron chi connectivity index (χ1n) is 3.45. The highest BCUT2D eigenvalue weighted by molar-refractivity contribution is 7.59. The Morgan fingerprint density at radius 3 is 1.91 bits per heavy atom. The molecule has 1 aromatic carbocycles. The molecule has 0 heterocycles. The predicted octanol–water partition coefficient (Wildman–Crippen LogP) is 3.58. The van der Waals surface area contributed by atoms with Crippen molar-refractivity contribution < 1.29 is 0 Å². The molecule has 0 aliphatic carbocycles. The van der Waals surface area contributed by atoms with E-state index in [-0.39, 0.29) is 13.5 Å². The Morgan fingerprint density at radius 1 is 1.09 bits per heavy atom. The summed E-state index contributed by atoms with van der Waals surface area (Å²) in [4.78, 5) is 0. The standard InChI is InChI=1S/C9H11Cl.H2S/c1-7(2)8-3-5-9(10)6-4-8;/h3-7H,1-2H3;1H2. The average Bonchev–Trinajstić information content (AvgIpc) is 1.88. The second kappa shape index (κ2) is 4.68. The molecule has 0 fully saturated rings. The lowest BCUT2D eigenvalue weighted by Gasteiger charge is -2.03. The van der Waals surface area contributed by atoms with Crippen molar-refractivity contribution in [2.24, 2.45) is 0 Å². The minimum Gasteiger partial charge on any atom is -0.197 e. The second-order valence-corrected chi connectivity index (χ2v) is 3.14.